The maximum absolute atomic E-state index is 12.2. The average molecular weight is 353 g/mol. The van der Waals surface area contributed by atoms with Crippen molar-refractivity contribution in [2.75, 3.05) is 26.2 Å². The molecule has 26 heavy (non-hydrogen) atoms. The molecular formula is C21H27N3O2. The van der Waals surface area contributed by atoms with Gasteiger partial charge in [-0.05, 0) is 31.4 Å². The zero-order valence-electron chi connectivity index (χ0n) is 15.4. The van der Waals surface area contributed by atoms with E-state index in [9.17, 15) is 4.79 Å². The second-order valence-electron chi connectivity index (χ2n) is 6.76. The third-order valence-corrected chi connectivity index (χ3v) is 4.47. The van der Waals surface area contributed by atoms with E-state index in [0.29, 0.717) is 18.2 Å². The molecule has 0 aliphatic heterocycles. The van der Waals surface area contributed by atoms with E-state index in [1.165, 1.54) is 5.56 Å². The maximum atomic E-state index is 12.2. The molecule has 2 aromatic rings. The molecule has 0 atom stereocenters. The van der Waals surface area contributed by atoms with Gasteiger partial charge in [-0.1, -0.05) is 54.6 Å². The van der Waals surface area contributed by atoms with Crippen LogP contribution in [0.15, 0.2) is 47.0 Å². The standard InChI is InChI=1S/C21H27N3O2/c1-2-13-24(14-6-9-17-7-4-3-5-8-17)15-12-22-21(25)19-16-20(26-23-19)18-10-11-18/h3-9,16,18H,2,10-15H2,1H3,(H,22,25)/b9-6+. The molecule has 1 fully saturated rings. The quantitative estimate of drug-likeness (QED) is 0.707. The molecule has 0 spiro atoms. The summed E-state index contributed by atoms with van der Waals surface area (Å²) in [6, 6.07) is 12.1. The Morgan fingerprint density at radius 2 is 2.12 bits per heavy atom. The Morgan fingerprint density at radius 3 is 2.85 bits per heavy atom. The number of hydrogen-bond acceptors (Lipinski definition) is 4. The molecule has 1 aromatic carbocycles. The second-order valence-corrected chi connectivity index (χ2v) is 6.76. The van der Waals surface area contributed by atoms with Crippen molar-refractivity contribution in [1.82, 2.24) is 15.4 Å². The largest absolute Gasteiger partial charge is 0.360 e. The van der Waals surface area contributed by atoms with Crippen LogP contribution in [0.1, 0.15) is 53.9 Å². The van der Waals surface area contributed by atoms with E-state index in [0.717, 1.165) is 44.7 Å². The third-order valence-electron chi connectivity index (χ3n) is 4.47. The van der Waals surface area contributed by atoms with Gasteiger partial charge in [0.1, 0.15) is 5.76 Å². The van der Waals surface area contributed by atoms with Crippen LogP contribution in [0.2, 0.25) is 0 Å². The van der Waals surface area contributed by atoms with Crippen molar-refractivity contribution in [3.63, 3.8) is 0 Å². The van der Waals surface area contributed by atoms with Gasteiger partial charge in [-0.25, -0.2) is 0 Å². The van der Waals surface area contributed by atoms with Crippen LogP contribution in [-0.4, -0.2) is 42.1 Å². The van der Waals surface area contributed by atoms with E-state index in [1.54, 1.807) is 6.07 Å². The summed E-state index contributed by atoms with van der Waals surface area (Å²) in [4.78, 5) is 14.5. The lowest BCUT2D eigenvalue weighted by molar-refractivity contribution is 0.0940. The summed E-state index contributed by atoms with van der Waals surface area (Å²) in [6.45, 7) is 5.45. The van der Waals surface area contributed by atoms with Gasteiger partial charge >= 0.3 is 0 Å². The topological polar surface area (TPSA) is 58.4 Å². The molecule has 1 saturated carbocycles. The minimum atomic E-state index is -0.156. The van der Waals surface area contributed by atoms with Crippen molar-refractivity contribution in [1.29, 1.82) is 0 Å². The lowest BCUT2D eigenvalue weighted by atomic mass is 10.2. The summed E-state index contributed by atoms with van der Waals surface area (Å²) in [7, 11) is 0. The maximum Gasteiger partial charge on any atom is 0.273 e. The third kappa shape index (κ3) is 5.56. The Balaban J connectivity index is 1.42. The first-order valence-electron chi connectivity index (χ1n) is 9.45. The predicted molar refractivity (Wildman–Crippen MR) is 103 cm³/mol. The monoisotopic (exact) mass is 353 g/mol. The van der Waals surface area contributed by atoms with Gasteiger partial charge in [-0.15, -0.1) is 0 Å². The molecule has 1 aromatic heterocycles. The van der Waals surface area contributed by atoms with Gasteiger partial charge in [0.2, 0.25) is 0 Å². The van der Waals surface area contributed by atoms with Crippen molar-refractivity contribution >= 4 is 12.0 Å². The average Bonchev–Trinajstić information content (AvgIpc) is 3.39. The molecule has 0 bridgehead atoms. The molecule has 1 aliphatic carbocycles. The number of hydrogen-bond donors (Lipinski definition) is 1. The summed E-state index contributed by atoms with van der Waals surface area (Å²) in [5.41, 5.74) is 1.59. The van der Waals surface area contributed by atoms with Gasteiger partial charge in [0.25, 0.3) is 5.91 Å². The van der Waals surface area contributed by atoms with Gasteiger partial charge in [0.15, 0.2) is 5.69 Å². The fraction of sp³-hybridized carbons (Fsp3) is 0.429. The Hall–Kier alpha value is -2.40. The van der Waals surface area contributed by atoms with Crippen molar-refractivity contribution in [3.8, 4) is 0 Å². The van der Waals surface area contributed by atoms with Crippen molar-refractivity contribution in [2.45, 2.75) is 32.1 Å². The smallest absolute Gasteiger partial charge is 0.273 e. The molecule has 0 saturated heterocycles. The Bertz CT molecular complexity index is 720. The molecule has 138 valence electrons. The fourth-order valence-electron chi connectivity index (χ4n) is 2.89. The second kappa shape index (κ2) is 9.34. The lowest BCUT2D eigenvalue weighted by Crippen LogP contribution is -2.35. The zero-order chi connectivity index (χ0) is 18.2. The van der Waals surface area contributed by atoms with E-state index >= 15 is 0 Å². The highest BCUT2D eigenvalue weighted by Gasteiger charge is 2.28. The number of rotatable bonds is 10. The molecule has 5 nitrogen and oxygen atoms in total. The summed E-state index contributed by atoms with van der Waals surface area (Å²) in [6.07, 6.45) is 7.67. The molecule has 1 amide bonds. The van der Waals surface area contributed by atoms with Crippen LogP contribution >= 0.6 is 0 Å². The number of carbonyl (C=O) groups is 1. The van der Waals surface area contributed by atoms with E-state index in [2.05, 4.69) is 46.6 Å². The Morgan fingerprint density at radius 1 is 1.31 bits per heavy atom. The van der Waals surface area contributed by atoms with Crippen molar-refractivity contribution < 1.29 is 9.32 Å². The van der Waals surface area contributed by atoms with Gasteiger partial charge in [0, 0.05) is 31.6 Å². The number of carbonyl (C=O) groups excluding carboxylic acids is 1. The van der Waals surface area contributed by atoms with Crippen LogP contribution in [0.3, 0.4) is 0 Å². The van der Waals surface area contributed by atoms with E-state index < -0.39 is 0 Å². The number of benzene rings is 1. The van der Waals surface area contributed by atoms with Gasteiger partial charge < -0.3 is 9.84 Å². The normalized spacial score (nSPS) is 14.2. The highest BCUT2D eigenvalue weighted by molar-refractivity contribution is 5.92. The minimum absolute atomic E-state index is 0.156. The number of nitrogens with zero attached hydrogens (tertiary/aromatic N) is 2. The number of nitrogens with one attached hydrogen (secondary N) is 1. The SMILES string of the molecule is CCCN(C/C=C/c1ccccc1)CCNC(=O)c1cc(C2CC2)on1. The van der Waals surface area contributed by atoms with Crippen LogP contribution in [0.4, 0.5) is 0 Å². The molecular weight excluding hydrogens is 326 g/mol. The highest BCUT2D eigenvalue weighted by atomic mass is 16.5. The van der Waals surface area contributed by atoms with E-state index in [-0.39, 0.29) is 5.91 Å². The van der Waals surface area contributed by atoms with E-state index in [4.69, 9.17) is 4.52 Å². The summed E-state index contributed by atoms with van der Waals surface area (Å²) in [5.74, 6) is 1.16. The van der Waals surface area contributed by atoms with E-state index in [1.807, 2.05) is 18.2 Å². The summed E-state index contributed by atoms with van der Waals surface area (Å²) in [5, 5.41) is 6.82. The van der Waals surface area contributed by atoms with Crippen molar-refractivity contribution in [2.24, 2.45) is 0 Å². The van der Waals surface area contributed by atoms with Crippen LogP contribution < -0.4 is 5.32 Å². The van der Waals surface area contributed by atoms with Gasteiger partial charge in [0.05, 0.1) is 0 Å². The van der Waals surface area contributed by atoms with Crippen molar-refractivity contribution in [3.05, 3.63) is 59.5 Å². The fourth-order valence-corrected chi connectivity index (χ4v) is 2.89. The first-order valence-corrected chi connectivity index (χ1v) is 9.45. The molecule has 0 unspecified atom stereocenters. The molecule has 3 rings (SSSR count). The first kappa shape index (κ1) is 18.4. The molecule has 5 heteroatoms. The van der Waals surface area contributed by atoms with Gasteiger partial charge in [-0.3, -0.25) is 9.69 Å². The number of aromatic nitrogens is 1. The Kier molecular flexibility index (Phi) is 6.61. The van der Waals surface area contributed by atoms with Crippen LogP contribution in [-0.2, 0) is 0 Å². The first-order chi connectivity index (χ1) is 12.8. The predicted octanol–water partition coefficient (Wildman–Crippen LogP) is 3.71. The van der Waals surface area contributed by atoms with Gasteiger partial charge in [-0.2, -0.15) is 0 Å². The molecule has 0 radical (unpaired) electrons. The number of amides is 1. The van der Waals surface area contributed by atoms with Crippen LogP contribution in [0.25, 0.3) is 6.08 Å². The summed E-state index contributed by atoms with van der Waals surface area (Å²) < 4.78 is 5.24. The molecule has 1 N–H and O–H groups in total. The summed E-state index contributed by atoms with van der Waals surface area (Å²) >= 11 is 0. The van der Waals surface area contributed by atoms with Crippen LogP contribution in [0, 0.1) is 0 Å². The lowest BCUT2D eigenvalue weighted by Gasteiger charge is -2.19. The zero-order valence-corrected chi connectivity index (χ0v) is 15.4. The Labute approximate surface area is 155 Å². The molecule has 1 heterocycles. The molecule has 1 aliphatic rings. The van der Waals surface area contributed by atoms with Crippen LogP contribution in [0.5, 0.6) is 0 Å². The minimum Gasteiger partial charge on any atom is -0.360 e. The highest BCUT2D eigenvalue weighted by Crippen LogP contribution is 2.40.